The smallest absolute Gasteiger partial charge is 0.321 e. The standard InChI is InChI=1S/C24H22ClFN6O5S/c1-24(2,22-30-19-14(38-22)8-13(37-3)18(26)17(19)25)31-23(36)28-15-6-4-10-11(27-15)9-32(21(10)35)12-5-7-16(33)29-20(12)34/h4,6,8,12H,5,7,9H2,1-3H3,(H,29,33,34)(H2,27,28,31,36). The third-order valence-corrected chi connectivity index (χ3v) is 8.00. The van der Waals surface area contributed by atoms with Crippen molar-refractivity contribution in [1.29, 1.82) is 0 Å². The number of urea groups is 1. The molecule has 0 aliphatic carbocycles. The molecule has 38 heavy (non-hydrogen) atoms. The van der Waals surface area contributed by atoms with Gasteiger partial charge in [-0.15, -0.1) is 11.3 Å². The number of amides is 5. The molecule has 2 aliphatic heterocycles. The van der Waals surface area contributed by atoms with Crippen molar-refractivity contribution >= 4 is 62.7 Å². The summed E-state index contributed by atoms with van der Waals surface area (Å²) in [6, 6.07) is 3.19. The monoisotopic (exact) mass is 560 g/mol. The molecule has 1 unspecified atom stereocenters. The molecular formula is C24H22ClFN6O5S. The number of methoxy groups -OCH3 is 1. The fourth-order valence-electron chi connectivity index (χ4n) is 4.39. The minimum Gasteiger partial charge on any atom is -0.494 e. The lowest BCUT2D eigenvalue weighted by Crippen LogP contribution is -2.52. The molecule has 5 rings (SSSR count). The Morgan fingerprint density at radius 1 is 1.29 bits per heavy atom. The van der Waals surface area contributed by atoms with Gasteiger partial charge in [0.1, 0.15) is 27.4 Å². The number of hydrogen-bond donors (Lipinski definition) is 3. The van der Waals surface area contributed by atoms with Gasteiger partial charge in [0.05, 0.1) is 35.2 Å². The van der Waals surface area contributed by atoms with Gasteiger partial charge in [-0.2, -0.15) is 0 Å². The topological polar surface area (TPSA) is 143 Å². The van der Waals surface area contributed by atoms with Crippen molar-refractivity contribution in [3.05, 3.63) is 45.3 Å². The average molecular weight is 561 g/mol. The predicted molar refractivity (Wildman–Crippen MR) is 137 cm³/mol. The molecule has 3 N–H and O–H groups in total. The van der Waals surface area contributed by atoms with Gasteiger partial charge in [-0.25, -0.2) is 19.2 Å². The van der Waals surface area contributed by atoms with Crippen molar-refractivity contribution in [2.24, 2.45) is 0 Å². The number of anilines is 1. The van der Waals surface area contributed by atoms with E-state index in [0.29, 0.717) is 21.0 Å². The molecule has 0 saturated carbocycles. The lowest BCUT2D eigenvalue weighted by Gasteiger charge is -2.29. The van der Waals surface area contributed by atoms with Gasteiger partial charge in [-0.1, -0.05) is 11.6 Å². The van der Waals surface area contributed by atoms with Crippen LogP contribution in [0.1, 0.15) is 47.7 Å². The van der Waals surface area contributed by atoms with Crippen molar-refractivity contribution < 1.29 is 28.3 Å². The van der Waals surface area contributed by atoms with Crippen LogP contribution in [-0.2, 0) is 21.7 Å². The average Bonchev–Trinajstić information content (AvgIpc) is 3.43. The van der Waals surface area contributed by atoms with Crippen molar-refractivity contribution in [2.75, 3.05) is 12.4 Å². The first-order valence-corrected chi connectivity index (χ1v) is 12.7. The number of aromatic nitrogens is 2. The second kappa shape index (κ2) is 9.48. The van der Waals surface area contributed by atoms with Crippen LogP contribution in [0.3, 0.4) is 0 Å². The molecule has 2 aromatic heterocycles. The largest absolute Gasteiger partial charge is 0.494 e. The number of carbonyl (C=O) groups is 4. The molecule has 1 fully saturated rings. The Hall–Kier alpha value is -3.84. The van der Waals surface area contributed by atoms with Crippen LogP contribution in [0.4, 0.5) is 15.0 Å². The second-order valence-corrected chi connectivity index (χ2v) is 10.8. The van der Waals surface area contributed by atoms with E-state index in [-0.39, 0.29) is 53.3 Å². The summed E-state index contributed by atoms with van der Waals surface area (Å²) >= 11 is 7.37. The first-order chi connectivity index (χ1) is 18.0. The number of halogens is 2. The van der Waals surface area contributed by atoms with Gasteiger partial charge in [-0.3, -0.25) is 25.0 Å². The SMILES string of the molecule is COc1cc2sc(C(C)(C)NC(=O)Nc3ccc4c(n3)CN(C3CCC(=O)NC3=O)C4=O)nc2c(Cl)c1F. The zero-order valence-corrected chi connectivity index (χ0v) is 22.1. The van der Waals surface area contributed by atoms with E-state index < -0.39 is 29.3 Å². The van der Waals surface area contributed by atoms with Gasteiger partial charge in [0.15, 0.2) is 11.6 Å². The number of hydrogen-bond acceptors (Lipinski definition) is 8. The molecular weight excluding hydrogens is 539 g/mol. The first-order valence-electron chi connectivity index (χ1n) is 11.5. The highest BCUT2D eigenvalue weighted by Gasteiger charge is 2.40. The molecule has 0 spiro atoms. The summed E-state index contributed by atoms with van der Waals surface area (Å²) in [6.45, 7) is 3.55. The Morgan fingerprint density at radius 2 is 2.05 bits per heavy atom. The summed E-state index contributed by atoms with van der Waals surface area (Å²) in [5, 5.41) is 8.05. The number of nitrogens with zero attached hydrogens (tertiary/aromatic N) is 3. The van der Waals surface area contributed by atoms with Crippen molar-refractivity contribution in [3.8, 4) is 5.75 Å². The van der Waals surface area contributed by atoms with Gasteiger partial charge in [0.25, 0.3) is 5.91 Å². The molecule has 4 heterocycles. The van der Waals surface area contributed by atoms with E-state index in [1.54, 1.807) is 13.8 Å². The third kappa shape index (κ3) is 4.52. The molecule has 11 nitrogen and oxygen atoms in total. The van der Waals surface area contributed by atoms with Gasteiger partial charge in [0.2, 0.25) is 11.8 Å². The van der Waals surface area contributed by atoms with Crippen LogP contribution in [0.15, 0.2) is 18.2 Å². The number of ether oxygens (including phenoxy) is 1. The van der Waals surface area contributed by atoms with E-state index in [2.05, 4.69) is 25.9 Å². The first kappa shape index (κ1) is 25.8. The maximum atomic E-state index is 14.3. The summed E-state index contributed by atoms with van der Waals surface area (Å²) in [4.78, 5) is 59.5. The minimum absolute atomic E-state index is 0.00135. The normalized spacial score (nSPS) is 17.4. The Labute approximate surface area is 224 Å². The van der Waals surface area contributed by atoms with Gasteiger partial charge >= 0.3 is 6.03 Å². The molecule has 5 amide bonds. The maximum Gasteiger partial charge on any atom is 0.321 e. The fourth-order valence-corrected chi connectivity index (χ4v) is 5.74. The van der Waals surface area contributed by atoms with Crippen molar-refractivity contribution in [2.45, 2.75) is 44.8 Å². The van der Waals surface area contributed by atoms with Crippen LogP contribution in [0.5, 0.6) is 5.75 Å². The zero-order chi connectivity index (χ0) is 27.4. The number of imide groups is 1. The highest BCUT2D eigenvalue weighted by atomic mass is 35.5. The van der Waals surface area contributed by atoms with Crippen LogP contribution in [0, 0.1) is 5.82 Å². The van der Waals surface area contributed by atoms with E-state index in [4.69, 9.17) is 16.3 Å². The lowest BCUT2D eigenvalue weighted by atomic mass is 10.0. The minimum atomic E-state index is -0.962. The number of carbonyl (C=O) groups excluding carboxylic acids is 4. The van der Waals surface area contributed by atoms with Crippen LogP contribution < -0.4 is 20.7 Å². The van der Waals surface area contributed by atoms with E-state index in [1.165, 1.54) is 41.5 Å². The van der Waals surface area contributed by atoms with Gasteiger partial charge in [-0.05, 0) is 32.4 Å². The number of fused-ring (bicyclic) bond motifs is 2. The number of piperidine rings is 1. The molecule has 1 aromatic carbocycles. The molecule has 0 bridgehead atoms. The number of rotatable bonds is 5. The summed E-state index contributed by atoms with van der Waals surface area (Å²) < 4.78 is 20.0. The summed E-state index contributed by atoms with van der Waals surface area (Å²) in [5.41, 5.74) is 0.0464. The third-order valence-electron chi connectivity index (χ3n) is 6.33. The Morgan fingerprint density at radius 3 is 2.76 bits per heavy atom. The summed E-state index contributed by atoms with van der Waals surface area (Å²) in [6.07, 6.45) is 0.388. The number of benzene rings is 1. The molecule has 3 aromatic rings. The zero-order valence-electron chi connectivity index (χ0n) is 20.5. The van der Waals surface area contributed by atoms with E-state index >= 15 is 0 Å². The molecule has 1 atom stereocenters. The highest BCUT2D eigenvalue weighted by molar-refractivity contribution is 7.18. The Bertz CT molecular complexity index is 1530. The molecule has 2 aliphatic rings. The van der Waals surface area contributed by atoms with Crippen LogP contribution >= 0.6 is 22.9 Å². The van der Waals surface area contributed by atoms with Crippen molar-refractivity contribution in [3.63, 3.8) is 0 Å². The molecule has 1 saturated heterocycles. The lowest BCUT2D eigenvalue weighted by molar-refractivity contribution is -0.136. The molecule has 14 heteroatoms. The quantitative estimate of drug-likeness (QED) is 0.406. The molecule has 198 valence electrons. The highest BCUT2D eigenvalue weighted by Crippen LogP contribution is 2.38. The Kier molecular flexibility index (Phi) is 6.43. The summed E-state index contributed by atoms with van der Waals surface area (Å²) in [7, 11) is 1.34. The number of thiazole rings is 1. The van der Waals surface area contributed by atoms with E-state index in [1.807, 2.05) is 0 Å². The Balaban J connectivity index is 1.29. The fraction of sp³-hybridized carbons (Fsp3) is 0.333. The van der Waals surface area contributed by atoms with Crippen LogP contribution in [0.25, 0.3) is 10.2 Å². The maximum absolute atomic E-state index is 14.3. The second-order valence-electron chi connectivity index (χ2n) is 9.37. The van der Waals surface area contributed by atoms with E-state index in [0.717, 1.165) is 0 Å². The van der Waals surface area contributed by atoms with Crippen molar-refractivity contribution in [1.82, 2.24) is 25.5 Å². The van der Waals surface area contributed by atoms with Crippen LogP contribution in [-0.4, -0.2) is 51.8 Å². The predicted octanol–water partition coefficient (Wildman–Crippen LogP) is 3.31. The van der Waals surface area contributed by atoms with Gasteiger partial charge < -0.3 is 15.0 Å². The molecule has 0 radical (unpaired) electrons. The van der Waals surface area contributed by atoms with Gasteiger partial charge in [0, 0.05) is 12.5 Å². The number of nitrogens with one attached hydrogen (secondary N) is 3. The summed E-state index contributed by atoms with van der Waals surface area (Å²) in [5.74, 6) is -1.75. The number of pyridine rings is 1. The van der Waals surface area contributed by atoms with E-state index in [9.17, 15) is 23.6 Å². The van der Waals surface area contributed by atoms with Crippen LogP contribution in [0.2, 0.25) is 5.02 Å².